The van der Waals surface area contributed by atoms with Crippen LogP contribution in [0.3, 0.4) is 0 Å². The lowest BCUT2D eigenvalue weighted by atomic mass is 10.1. The number of benzene rings is 2. The van der Waals surface area contributed by atoms with E-state index in [-0.39, 0.29) is 17.9 Å². The van der Waals surface area contributed by atoms with Crippen molar-refractivity contribution in [3.05, 3.63) is 94.7 Å². The standard InChI is InChI=1S/C21H20BrN3O3S/c22-18-8-10-19(11-9-18)29(27,28)25-20(13-16-5-2-1-3-6-16)21(26)24-15-17-7-4-12-23-14-17/h1-12,14,20,25H,13,15H2,(H,24,26)/t20-/m1/s1. The van der Waals surface area contributed by atoms with Gasteiger partial charge in [-0.25, -0.2) is 8.42 Å². The van der Waals surface area contributed by atoms with E-state index in [0.29, 0.717) is 0 Å². The summed E-state index contributed by atoms with van der Waals surface area (Å²) in [5, 5.41) is 2.79. The maximum Gasteiger partial charge on any atom is 0.241 e. The second kappa shape index (κ2) is 9.78. The maximum atomic E-state index is 12.8. The molecule has 0 saturated heterocycles. The second-order valence-corrected chi connectivity index (χ2v) is 9.03. The highest BCUT2D eigenvalue weighted by molar-refractivity contribution is 9.10. The van der Waals surface area contributed by atoms with Gasteiger partial charge in [0.25, 0.3) is 0 Å². The third kappa shape index (κ3) is 6.22. The Hall–Kier alpha value is -2.55. The molecule has 1 atom stereocenters. The van der Waals surface area contributed by atoms with Crippen LogP contribution in [-0.2, 0) is 27.8 Å². The van der Waals surface area contributed by atoms with Crippen LogP contribution in [-0.4, -0.2) is 25.4 Å². The minimum atomic E-state index is -3.87. The molecule has 0 fully saturated rings. The highest BCUT2D eigenvalue weighted by atomic mass is 79.9. The van der Waals surface area contributed by atoms with Gasteiger partial charge in [-0.05, 0) is 47.9 Å². The molecule has 0 aliphatic rings. The normalized spacial score (nSPS) is 12.3. The van der Waals surface area contributed by atoms with Crippen molar-refractivity contribution in [3.8, 4) is 0 Å². The molecular formula is C21H20BrN3O3S. The monoisotopic (exact) mass is 473 g/mol. The summed E-state index contributed by atoms with van der Waals surface area (Å²) >= 11 is 3.29. The summed E-state index contributed by atoms with van der Waals surface area (Å²) < 4.78 is 28.9. The van der Waals surface area contributed by atoms with Crippen LogP contribution < -0.4 is 10.0 Å². The Morgan fingerprint density at radius 3 is 2.31 bits per heavy atom. The van der Waals surface area contributed by atoms with Gasteiger partial charge < -0.3 is 5.32 Å². The summed E-state index contributed by atoms with van der Waals surface area (Å²) in [5.41, 5.74) is 1.68. The van der Waals surface area contributed by atoms with E-state index in [1.54, 1.807) is 30.6 Å². The molecule has 0 saturated carbocycles. The average molecular weight is 474 g/mol. The molecule has 1 heterocycles. The van der Waals surface area contributed by atoms with Gasteiger partial charge in [0, 0.05) is 23.4 Å². The molecule has 0 radical (unpaired) electrons. The van der Waals surface area contributed by atoms with Gasteiger partial charge in [0.1, 0.15) is 6.04 Å². The van der Waals surface area contributed by atoms with Gasteiger partial charge in [-0.1, -0.05) is 52.3 Å². The summed E-state index contributed by atoms with van der Waals surface area (Å²) in [6, 6.07) is 18.2. The molecule has 1 aromatic heterocycles. The third-order valence-electron chi connectivity index (χ3n) is 4.21. The van der Waals surface area contributed by atoms with Crippen molar-refractivity contribution in [2.45, 2.75) is 23.9 Å². The SMILES string of the molecule is O=C(NCc1cccnc1)[C@@H](Cc1ccccc1)NS(=O)(=O)c1ccc(Br)cc1. The molecule has 3 aromatic rings. The van der Waals surface area contributed by atoms with E-state index >= 15 is 0 Å². The number of halogens is 1. The van der Waals surface area contributed by atoms with Crippen LogP contribution in [0, 0.1) is 0 Å². The lowest BCUT2D eigenvalue weighted by Gasteiger charge is -2.19. The summed E-state index contributed by atoms with van der Waals surface area (Å²) in [6.07, 6.45) is 3.53. The minimum absolute atomic E-state index is 0.0961. The second-order valence-electron chi connectivity index (χ2n) is 6.40. The molecule has 6 nitrogen and oxygen atoms in total. The predicted octanol–water partition coefficient (Wildman–Crippen LogP) is 3.05. The van der Waals surface area contributed by atoms with E-state index in [9.17, 15) is 13.2 Å². The molecule has 2 N–H and O–H groups in total. The van der Waals surface area contributed by atoms with E-state index < -0.39 is 22.0 Å². The summed E-state index contributed by atoms with van der Waals surface area (Å²) in [6.45, 7) is 0.262. The van der Waals surface area contributed by atoms with Gasteiger partial charge in [0.15, 0.2) is 0 Å². The Morgan fingerprint density at radius 2 is 1.66 bits per heavy atom. The minimum Gasteiger partial charge on any atom is -0.351 e. The number of nitrogens with zero attached hydrogens (tertiary/aromatic N) is 1. The Kier molecular flexibility index (Phi) is 7.13. The lowest BCUT2D eigenvalue weighted by molar-refractivity contribution is -0.122. The van der Waals surface area contributed by atoms with E-state index in [1.165, 1.54) is 12.1 Å². The number of carbonyl (C=O) groups is 1. The number of sulfonamides is 1. The number of amides is 1. The van der Waals surface area contributed by atoms with Gasteiger partial charge in [-0.2, -0.15) is 4.72 Å². The van der Waals surface area contributed by atoms with Crippen LogP contribution in [0.5, 0.6) is 0 Å². The van der Waals surface area contributed by atoms with Crippen molar-refractivity contribution >= 4 is 31.9 Å². The molecule has 0 spiro atoms. The summed E-state index contributed by atoms with van der Waals surface area (Å²) in [5.74, 6) is -0.404. The van der Waals surface area contributed by atoms with E-state index in [4.69, 9.17) is 0 Å². The molecule has 2 aromatic carbocycles. The number of hydrogen-bond donors (Lipinski definition) is 2. The van der Waals surface area contributed by atoms with Crippen molar-refractivity contribution in [3.63, 3.8) is 0 Å². The first-order chi connectivity index (χ1) is 13.9. The van der Waals surface area contributed by atoms with Crippen molar-refractivity contribution in [1.29, 1.82) is 0 Å². The number of aromatic nitrogens is 1. The first-order valence-corrected chi connectivity index (χ1v) is 11.2. The highest BCUT2D eigenvalue weighted by Crippen LogP contribution is 2.16. The smallest absolute Gasteiger partial charge is 0.241 e. The predicted molar refractivity (Wildman–Crippen MR) is 114 cm³/mol. The molecule has 3 rings (SSSR count). The number of rotatable bonds is 8. The molecule has 8 heteroatoms. The van der Waals surface area contributed by atoms with Gasteiger partial charge in [0.05, 0.1) is 4.90 Å². The zero-order valence-corrected chi connectivity index (χ0v) is 17.9. The molecule has 0 unspecified atom stereocenters. The van der Waals surface area contributed by atoms with Crippen LogP contribution in [0.1, 0.15) is 11.1 Å². The van der Waals surface area contributed by atoms with Crippen LogP contribution >= 0.6 is 15.9 Å². The number of nitrogens with one attached hydrogen (secondary N) is 2. The van der Waals surface area contributed by atoms with Gasteiger partial charge >= 0.3 is 0 Å². The summed E-state index contributed by atoms with van der Waals surface area (Å²) in [4.78, 5) is 16.9. The van der Waals surface area contributed by atoms with E-state index in [2.05, 4.69) is 31.0 Å². The fourth-order valence-electron chi connectivity index (χ4n) is 2.72. The first-order valence-electron chi connectivity index (χ1n) is 8.92. The van der Waals surface area contributed by atoms with Gasteiger partial charge in [0.2, 0.25) is 15.9 Å². The van der Waals surface area contributed by atoms with Gasteiger partial charge in [-0.3, -0.25) is 9.78 Å². The lowest BCUT2D eigenvalue weighted by Crippen LogP contribution is -2.47. The third-order valence-corrected chi connectivity index (χ3v) is 6.23. The first kappa shape index (κ1) is 21.2. The molecule has 150 valence electrons. The van der Waals surface area contributed by atoms with Crippen LogP contribution in [0.15, 0.2) is 88.5 Å². The average Bonchev–Trinajstić information content (AvgIpc) is 2.73. The molecule has 29 heavy (non-hydrogen) atoms. The van der Waals surface area contributed by atoms with Crippen molar-refractivity contribution in [2.75, 3.05) is 0 Å². The Morgan fingerprint density at radius 1 is 0.966 bits per heavy atom. The fourth-order valence-corrected chi connectivity index (χ4v) is 4.18. The topological polar surface area (TPSA) is 88.2 Å². The zero-order valence-electron chi connectivity index (χ0n) is 15.5. The van der Waals surface area contributed by atoms with Crippen LogP contribution in [0.25, 0.3) is 0 Å². The van der Waals surface area contributed by atoms with Crippen molar-refractivity contribution < 1.29 is 13.2 Å². The zero-order chi connectivity index (χ0) is 20.7. The number of hydrogen-bond acceptors (Lipinski definition) is 4. The Balaban J connectivity index is 1.78. The molecule has 0 aliphatic heterocycles. The van der Waals surface area contributed by atoms with Crippen LogP contribution in [0.2, 0.25) is 0 Å². The maximum absolute atomic E-state index is 12.8. The molecule has 1 amide bonds. The van der Waals surface area contributed by atoms with E-state index in [0.717, 1.165) is 15.6 Å². The number of pyridine rings is 1. The summed E-state index contributed by atoms with van der Waals surface area (Å²) in [7, 11) is -3.87. The fraction of sp³-hybridized carbons (Fsp3) is 0.143. The largest absolute Gasteiger partial charge is 0.351 e. The van der Waals surface area contributed by atoms with Gasteiger partial charge in [-0.15, -0.1) is 0 Å². The molecule has 0 bridgehead atoms. The van der Waals surface area contributed by atoms with Crippen molar-refractivity contribution in [1.82, 2.24) is 15.0 Å². The molecular weight excluding hydrogens is 454 g/mol. The highest BCUT2D eigenvalue weighted by Gasteiger charge is 2.26. The van der Waals surface area contributed by atoms with E-state index in [1.807, 2.05) is 36.4 Å². The number of carbonyl (C=O) groups excluding carboxylic acids is 1. The Labute approximate surface area is 178 Å². The van der Waals surface area contributed by atoms with Crippen LogP contribution in [0.4, 0.5) is 0 Å². The van der Waals surface area contributed by atoms with Crippen molar-refractivity contribution in [2.24, 2.45) is 0 Å². The quantitative estimate of drug-likeness (QED) is 0.526. The molecule has 0 aliphatic carbocycles. The Bertz CT molecular complexity index is 1040.